The maximum Gasteiger partial charge on any atom is 0.256 e. The molecule has 25 heavy (non-hydrogen) atoms. The largest absolute Gasteiger partial charge is 0.497 e. The highest BCUT2D eigenvalue weighted by Crippen LogP contribution is 2.26. The molecule has 0 unspecified atom stereocenters. The fourth-order valence-electron chi connectivity index (χ4n) is 2.24. The molecule has 0 fully saturated rings. The van der Waals surface area contributed by atoms with Gasteiger partial charge < -0.3 is 15.8 Å². The number of anilines is 2. The highest BCUT2D eigenvalue weighted by atomic mass is 16.5. The van der Waals surface area contributed by atoms with Gasteiger partial charge in [0.25, 0.3) is 5.91 Å². The van der Waals surface area contributed by atoms with Crippen LogP contribution in [0.15, 0.2) is 59.6 Å². The van der Waals surface area contributed by atoms with Gasteiger partial charge in [0.15, 0.2) is 5.82 Å². The number of nitrogens with one attached hydrogen (secondary N) is 2. The lowest BCUT2D eigenvalue weighted by Crippen LogP contribution is -2.12. The van der Waals surface area contributed by atoms with Gasteiger partial charge in [-0.2, -0.15) is 5.10 Å². The van der Waals surface area contributed by atoms with E-state index in [9.17, 15) is 4.79 Å². The molecule has 0 saturated carbocycles. The van der Waals surface area contributed by atoms with E-state index in [1.807, 2.05) is 54.6 Å². The van der Waals surface area contributed by atoms with Crippen molar-refractivity contribution in [3.8, 4) is 5.75 Å². The average molecular weight is 335 g/mol. The van der Waals surface area contributed by atoms with E-state index >= 15 is 0 Å². The SMILES string of the molecule is COc1ccc(C=Nc2n[nH]c(Nc3ccccc3)c2C(N)=O)cc1. The van der Waals surface area contributed by atoms with E-state index in [1.165, 1.54) is 0 Å². The Labute approximate surface area is 144 Å². The van der Waals surface area contributed by atoms with Gasteiger partial charge in [0.2, 0.25) is 0 Å². The van der Waals surface area contributed by atoms with Gasteiger partial charge in [-0.05, 0) is 42.0 Å². The number of nitrogens with two attached hydrogens (primary N) is 1. The van der Waals surface area contributed by atoms with E-state index in [2.05, 4.69) is 20.5 Å². The van der Waals surface area contributed by atoms with Gasteiger partial charge >= 0.3 is 0 Å². The van der Waals surface area contributed by atoms with Crippen molar-refractivity contribution in [2.75, 3.05) is 12.4 Å². The summed E-state index contributed by atoms with van der Waals surface area (Å²) in [7, 11) is 1.60. The Morgan fingerprint density at radius 2 is 1.92 bits per heavy atom. The maximum atomic E-state index is 11.8. The van der Waals surface area contributed by atoms with Crippen molar-refractivity contribution in [1.29, 1.82) is 0 Å². The summed E-state index contributed by atoms with van der Waals surface area (Å²) in [6, 6.07) is 16.7. The Hall–Kier alpha value is -3.61. The third-order valence-electron chi connectivity index (χ3n) is 3.49. The van der Waals surface area contributed by atoms with E-state index in [1.54, 1.807) is 13.3 Å². The molecular formula is C18H17N5O2. The summed E-state index contributed by atoms with van der Waals surface area (Å²) in [5.74, 6) is 0.764. The number of aromatic amines is 1. The first-order valence-corrected chi connectivity index (χ1v) is 7.55. The molecule has 0 aliphatic heterocycles. The molecule has 7 nitrogen and oxygen atoms in total. The Balaban J connectivity index is 1.86. The topological polar surface area (TPSA) is 105 Å². The molecule has 0 aliphatic carbocycles. The molecule has 0 radical (unpaired) electrons. The summed E-state index contributed by atoms with van der Waals surface area (Å²) in [4.78, 5) is 16.1. The van der Waals surface area contributed by atoms with Gasteiger partial charge in [-0.15, -0.1) is 0 Å². The molecule has 1 heterocycles. The van der Waals surface area contributed by atoms with E-state index < -0.39 is 5.91 Å². The number of methoxy groups -OCH3 is 1. The number of H-pyrrole nitrogens is 1. The number of hydrogen-bond acceptors (Lipinski definition) is 5. The smallest absolute Gasteiger partial charge is 0.256 e. The van der Waals surface area contributed by atoms with E-state index in [0.717, 1.165) is 17.0 Å². The molecular weight excluding hydrogens is 318 g/mol. The van der Waals surface area contributed by atoms with Crippen LogP contribution < -0.4 is 15.8 Å². The number of carbonyl (C=O) groups excluding carboxylic acids is 1. The second kappa shape index (κ2) is 7.31. The second-order valence-corrected chi connectivity index (χ2v) is 5.18. The molecule has 0 atom stereocenters. The number of rotatable bonds is 6. The van der Waals surface area contributed by atoms with E-state index in [0.29, 0.717) is 5.82 Å². The number of primary amides is 1. The van der Waals surface area contributed by atoms with Crippen molar-refractivity contribution in [3.05, 3.63) is 65.7 Å². The monoisotopic (exact) mass is 335 g/mol. The number of carbonyl (C=O) groups is 1. The van der Waals surface area contributed by atoms with Crippen molar-refractivity contribution in [3.63, 3.8) is 0 Å². The predicted molar refractivity (Wildman–Crippen MR) is 97.1 cm³/mol. The first kappa shape index (κ1) is 16.3. The van der Waals surface area contributed by atoms with Crippen LogP contribution in [0.4, 0.5) is 17.3 Å². The molecule has 1 aromatic heterocycles. The quantitative estimate of drug-likeness (QED) is 0.602. The van der Waals surface area contributed by atoms with Crippen LogP contribution >= 0.6 is 0 Å². The molecule has 3 rings (SSSR count). The Kier molecular flexibility index (Phi) is 4.75. The summed E-state index contributed by atoms with van der Waals surface area (Å²) in [6.45, 7) is 0. The van der Waals surface area contributed by atoms with E-state index in [4.69, 9.17) is 10.5 Å². The number of benzene rings is 2. The second-order valence-electron chi connectivity index (χ2n) is 5.18. The molecule has 126 valence electrons. The lowest BCUT2D eigenvalue weighted by Gasteiger charge is -2.04. The zero-order valence-electron chi connectivity index (χ0n) is 13.6. The van der Waals surface area contributed by atoms with Crippen LogP contribution in [0.1, 0.15) is 15.9 Å². The lowest BCUT2D eigenvalue weighted by molar-refractivity contribution is 0.100. The number of aliphatic imine (C=N–C) groups is 1. The van der Waals surface area contributed by atoms with Gasteiger partial charge in [0.1, 0.15) is 17.1 Å². The minimum Gasteiger partial charge on any atom is -0.497 e. The average Bonchev–Trinajstić information content (AvgIpc) is 3.04. The Bertz CT molecular complexity index is 886. The number of nitrogens with zero attached hydrogens (tertiary/aromatic N) is 2. The molecule has 0 spiro atoms. The molecule has 7 heteroatoms. The van der Waals surface area contributed by atoms with Gasteiger partial charge in [0, 0.05) is 11.9 Å². The normalized spacial score (nSPS) is 10.8. The van der Waals surface area contributed by atoms with Crippen LogP contribution in [0, 0.1) is 0 Å². The molecule has 0 bridgehead atoms. The zero-order chi connectivity index (χ0) is 17.6. The van der Waals surface area contributed by atoms with Crippen molar-refractivity contribution in [1.82, 2.24) is 10.2 Å². The highest BCUT2D eigenvalue weighted by Gasteiger charge is 2.17. The predicted octanol–water partition coefficient (Wildman–Crippen LogP) is 3.01. The minimum absolute atomic E-state index is 0.202. The molecule has 4 N–H and O–H groups in total. The van der Waals surface area contributed by atoms with Gasteiger partial charge in [-0.1, -0.05) is 18.2 Å². The number of para-hydroxylation sites is 1. The van der Waals surface area contributed by atoms with Gasteiger partial charge in [0.05, 0.1) is 7.11 Å². The van der Waals surface area contributed by atoms with Crippen molar-refractivity contribution >= 4 is 29.4 Å². The Morgan fingerprint density at radius 3 is 2.56 bits per heavy atom. The molecule has 0 aliphatic rings. The summed E-state index contributed by atoms with van der Waals surface area (Å²) in [6.07, 6.45) is 1.61. The fourth-order valence-corrected chi connectivity index (χ4v) is 2.24. The summed E-state index contributed by atoms with van der Waals surface area (Å²) >= 11 is 0. The maximum absolute atomic E-state index is 11.8. The summed E-state index contributed by atoms with van der Waals surface area (Å²) < 4.78 is 5.11. The number of ether oxygens (including phenoxy) is 1. The summed E-state index contributed by atoms with van der Waals surface area (Å²) in [5, 5.41) is 9.91. The van der Waals surface area contributed by atoms with Gasteiger partial charge in [-0.3, -0.25) is 9.89 Å². The van der Waals surface area contributed by atoms with Crippen LogP contribution in [0.2, 0.25) is 0 Å². The van der Waals surface area contributed by atoms with Crippen LogP contribution in [0.3, 0.4) is 0 Å². The highest BCUT2D eigenvalue weighted by molar-refractivity contribution is 6.03. The minimum atomic E-state index is -0.617. The molecule has 1 amide bonds. The Morgan fingerprint density at radius 1 is 1.20 bits per heavy atom. The van der Waals surface area contributed by atoms with Crippen molar-refractivity contribution < 1.29 is 9.53 Å². The standard InChI is InChI=1S/C18H17N5O2/c1-25-14-9-7-12(8-10-14)11-20-17-15(16(19)24)18(23-22-17)21-13-5-3-2-4-6-13/h2-11H,1H3,(H2,19,24)(H2,21,22,23). The van der Waals surface area contributed by atoms with Crippen molar-refractivity contribution in [2.45, 2.75) is 0 Å². The van der Waals surface area contributed by atoms with Gasteiger partial charge in [-0.25, -0.2) is 4.99 Å². The number of aromatic nitrogens is 2. The fraction of sp³-hybridized carbons (Fsp3) is 0.0556. The molecule has 0 saturated heterocycles. The van der Waals surface area contributed by atoms with Crippen LogP contribution in [0.25, 0.3) is 0 Å². The zero-order valence-corrected chi connectivity index (χ0v) is 13.6. The summed E-state index contributed by atoms with van der Waals surface area (Å²) in [5.41, 5.74) is 7.34. The number of amides is 1. The van der Waals surface area contributed by atoms with Crippen LogP contribution in [-0.2, 0) is 0 Å². The third-order valence-corrected chi connectivity index (χ3v) is 3.49. The van der Waals surface area contributed by atoms with Crippen LogP contribution in [0.5, 0.6) is 5.75 Å². The third kappa shape index (κ3) is 3.84. The molecule has 2 aromatic carbocycles. The number of hydrogen-bond donors (Lipinski definition) is 3. The lowest BCUT2D eigenvalue weighted by atomic mass is 10.2. The first-order chi connectivity index (χ1) is 12.2. The molecule has 3 aromatic rings. The van der Waals surface area contributed by atoms with Crippen LogP contribution in [-0.4, -0.2) is 29.4 Å². The van der Waals surface area contributed by atoms with E-state index in [-0.39, 0.29) is 11.4 Å². The van der Waals surface area contributed by atoms with Crippen molar-refractivity contribution in [2.24, 2.45) is 10.7 Å². The first-order valence-electron chi connectivity index (χ1n) is 7.55.